The van der Waals surface area contributed by atoms with Gasteiger partial charge in [-0.05, 0) is 19.4 Å². The standard InChI is InChI=1S/C16H27N3O2/c1-3-15(17-4-2)13-10-18-19(11-13)14-5-7-21-16(9-14)6-8-20-12-16/h10-11,14-15,17H,3-9,12H2,1-2H3. The summed E-state index contributed by atoms with van der Waals surface area (Å²) < 4.78 is 13.7. The number of hydrogen-bond acceptors (Lipinski definition) is 4. The van der Waals surface area contributed by atoms with E-state index in [9.17, 15) is 0 Å². The van der Waals surface area contributed by atoms with Crippen LogP contribution in [0.5, 0.6) is 0 Å². The van der Waals surface area contributed by atoms with E-state index in [4.69, 9.17) is 9.47 Å². The average Bonchev–Trinajstić information content (AvgIpc) is 3.15. The van der Waals surface area contributed by atoms with Crippen LogP contribution in [0, 0.1) is 0 Å². The molecule has 5 heteroatoms. The third-order valence-corrected chi connectivity index (χ3v) is 4.79. The van der Waals surface area contributed by atoms with Gasteiger partial charge < -0.3 is 14.8 Å². The molecule has 3 rings (SSSR count). The number of hydrogen-bond donors (Lipinski definition) is 1. The minimum absolute atomic E-state index is 0.0547. The molecule has 21 heavy (non-hydrogen) atoms. The molecule has 2 aliphatic heterocycles. The van der Waals surface area contributed by atoms with Crippen molar-refractivity contribution in [3.05, 3.63) is 18.0 Å². The molecule has 3 unspecified atom stereocenters. The number of nitrogens with one attached hydrogen (secondary N) is 1. The van der Waals surface area contributed by atoms with Gasteiger partial charge in [-0.2, -0.15) is 5.10 Å². The van der Waals surface area contributed by atoms with Crippen molar-refractivity contribution in [3.63, 3.8) is 0 Å². The molecule has 0 aliphatic carbocycles. The van der Waals surface area contributed by atoms with Gasteiger partial charge in [-0.3, -0.25) is 4.68 Å². The Morgan fingerprint density at radius 1 is 1.48 bits per heavy atom. The highest BCUT2D eigenvalue weighted by atomic mass is 16.6. The first-order chi connectivity index (χ1) is 10.3. The molecular formula is C16H27N3O2. The Morgan fingerprint density at radius 2 is 2.38 bits per heavy atom. The summed E-state index contributed by atoms with van der Waals surface area (Å²) in [5.41, 5.74) is 1.24. The van der Waals surface area contributed by atoms with Gasteiger partial charge in [-0.1, -0.05) is 13.8 Å². The average molecular weight is 293 g/mol. The first-order valence-electron chi connectivity index (χ1n) is 8.25. The number of nitrogens with zero attached hydrogens (tertiary/aromatic N) is 2. The van der Waals surface area contributed by atoms with Crippen molar-refractivity contribution >= 4 is 0 Å². The number of rotatable bonds is 5. The molecule has 0 radical (unpaired) electrons. The van der Waals surface area contributed by atoms with E-state index in [-0.39, 0.29) is 5.60 Å². The molecule has 2 saturated heterocycles. The van der Waals surface area contributed by atoms with Crippen LogP contribution in [-0.4, -0.2) is 41.7 Å². The Labute approximate surface area is 127 Å². The maximum absolute atomic E-state index is 6.01. The van der Waals surface area contributed by atoms with Gasteiger partial charge in [0.2, 0.25) is 0 Å². The Bertz CT molecular complexity index is 454. The smallest absolute Gasteiger partial charge is 0.0957 e. The van der Waals surface area contributed by atoms with Crippen molar-refractivity contribution in [2.75, 3.05) is 26.4 Å². The summed E-state index contributed by atoms with van der Waals surface area (Å²) in [5.74, 6) is 0. The Kier molecular flexibility index (Phi) is 4.62. The van der Waals surface area contributed by atoms with Gasteiger partial charge in [0.05, 0.1) is 24.4 Å². The molecule has 1 aromatic rings. The lowest BCUT2D eigenvalue weighted by Gasteiger charge is -2.37. The third-order valence-electron chi connectivity index (χ3n) is 4.79. The molecule has 1 aromatic heterocycles. The van der Waals surface area contributed by atoms with Crippen LogP contribution in [0.3, 0.4) is 0 Å². The van der Waals surface area contributed by atoms with E-state index in [2.05, 4.69) is 35.1 Å². The van der Waals surface area contributed by atoms with Gasteiger partial charge >= 0.3 is 0 Å². The largest absolute Gasteiger partial charge is 0.378 e. The lowest BCUT2D eigenvalue weighted by Crippen LogP contribution is -2.41. The van der Waals surface area contributed by atoms with E-state index in [1.54, 1.807) is 0 Å². The van der Waals surface area contributed by atoms with Crippen molar-refractivity contribution < 1.29 is 9.47 Å². The third kappa shape index (κ3) is 3.15. The zero-order valence-corrected chi connectivity index (χ0v) is 13.2. The van der Waals surface area contributed by atoms with E-state index in [1.807, 2.05) is 6.20 Å². The summed E-state index contributed by atoms with van der Waals surface area (Å²) in [4.78, 5) is 0. The highest BCUT2D eigenvalue weighted by Gasteiger charge is 2.41. The van der Waals surface area contributed by atoms with Crippen LogP contribution in [0.2, 0.25) is 0 Å². The van der Waals surface area contributed by atoms with Crippen LogP contribution in [0.1, 0.15) is 57.2 Å². The molecule has 0 amide bonds. The number of aromatic nitrogens is 2. The van der Waals surface area contributed by atoms with Crippen molar-refractivity contribution in [2.24, 2.45) is 0 Å². The molecule has 3 atom stereocenters. The molecule has 5 nitrogen and oxygen atoms in total. The molecule has 2 fully saturated rings. The van der Waals surface area contributed by atoms with Gasteiger partial charge in [-0.15, -0.1) is 0 Å². The zero-order chi connectivity index (χ0) is 14.7. The SMILES string of the molecule is CCNC(CC)c1cnn(C2CCOC3(CCOC3)C2)c1. The van der Waals surface area contributed by atoms with Crippen LogP contribution in [0.25, 0.3) is 0 Å². The molecule has 0 saturated carbocycles. The summed E-state index contributed by atoms with van der Waals surface area (Å²) in [6, 6.07) is 0.848. The maximum Gasteiger partial charge on any atom is 0.0957 e. The Hall–Kier alpha value is -0.910. The molecule has 0 aromatic carbocycles. The van der Waals surface area contributed by atoms with Crippen LogP contribution in [0.15, 0.2) is 12.4 Å². The predicted molar refractivity (Wildman–Crippen MR) is 81.3 cm³/mol. The minimum Gasteiger partial charge on any atom is -0.378 e. The van der Waals surface area contributed by atoms with E-state index in [0.29, 0.717) is 12.1 Å². The topological polar surface area (TPSA) is 48.3 Å². The minimum atomic E-state index is -0.0547. The fourth-order valence-corrected chi connectivity index (χ4v) is 3.57. The molecule has 0 bridgehead atoms. The summed E-state index contributed by atoms with van der Waals surface area (Å²) in [6.45, 7) is 7.73. The monoisotopic (exact) mass is 293 g/mol. The van der Waals surface area contributed by atoms with Crippen LogP contribution < -0.4 is 5.32 Å². The second-order valence-electron chi connectivity index (χ2n) is 6.25. The summed E-state index contributed by atoms with van der Waals surface area (Å²) in [5, 5.41) is 8.14. The molecule has 1 N–H and O–H groups in total. The second kappa shape index (κ2) is 6.46. The normalized spacial score (nSPS) is 30.9. The highest BCUT2D eigenvalue weighted by Crippen LogP contribution is 2.38. The number of ether oxygens (including phenoxy) is 2. The fourth-order valence-electron chi connectivity index (χ4n) is 3.57. The lowest BCUT2D eigenvalue weighted by atomic mass is 9.90. The zero-order valence-electron chi connectivity index (χ0n) is 13.2. The van der Waals surface area contributed by atoms with Gasteiger partial charge in [-0.25, -0.2) is 0 Å². The molecule has 2 aliphatic rings. The van der Waals surface area contributed by atoms with Crippen LogP contribution in [0.4, 0.5) is 0 Å². The molecule has 3 heterocycles. The Morgan fingerprint density at radius 3 is 3.10 bits per heavy atom. The summed E-state index contributed by atoms with van der Waals surface area (Å²) in [6.07, 6.45) is 8.41. The Balaban J connectivity index is 1.70. The van der Waals surface area contributed by atoms with Crippen molar-refractivity contribution in [3.8, 4) is 0 Å². The van der Waals surface area contributed by atoms with Gasteiger partial charge in [0.25, 0.3) is 0 Å². The molecular weight excluding hydrogens is 266 g/mol. The van der Waals surface area contributed by atoms with Crippen LogP contribution >= 0.6 is 0 Å². The van der Waals surface area contributed by atoms with Crippen LogP contribution in [-0.2, 0) is 9.47 Å². The summed E-state index contributed by atoms with van der Waals surface area (Å²) >= 11 is 0. The molecule has 1 spiro atoms. The first-order valence-corrected chi connectivity index (χ1v) is 8.25. The van der Waals surface area contributed by atoms with E-state index < -0.39 is 0 Å². The van der Waals surface area contributed by atoms with E-state index in [0.717, 1.165) is 52.0 Å². The van der Waals surface area contributed by atoms with Crippen molar-refractivity contribution in [1.82, 2.24) is 15.1 Å². The van der Waals surface area contributed by atoms with Crippen molar-refractivity contribution in [2.45, 2.75) is 57.2 Å². The predicted octanol–water partition coefficient (Wildman–Crippen LogP) is 2.45. The second-order valence-corrected chi connectivity index (χ2v) is 6.25. The van der Waals surface area contributed by atoms with Gasteiger partial charge in [0.1, 0.15) is 0 Å². The van der Waals surface area contributed by atoms with Crippen molar-refractivity contribution in [1.29, 1.82) is 0 Å². The first kappa shape index (κ1) is 15.0. The maximum atomic E-state index is 6.01. The molecule has 118 valence electrons. The van der Waals surface area contributed by atoms with E-state index >= 15 is 0 Å². The highest BCUT2D eigenvalue weighted by molar-refractivity contribution is 5.11. The van der Waals surface area contributed by atoms with E-state index in [1.165, 1.54) is 5.56 Å². The quantitative estimate of drug-likeness (QED) is 0.906. The lowest BCUT2D eigenvalue weighted by molar-refractivity contribution is -0.0962. The fraction of sp³-hybridized carbons (Fsp3) is 0.812. The summed E-state index contributed by atoms with van der Waals surface area (Å²) in [7, 11) is 0. The van der Waals surface area contributed by atoms with Gasteiger partial charge in [0, 0.05) is 43.9 Å². The van der Waals surface area contributed by atoms with Gasteiger partial charge in [0.15, 0.2) is 0 Å².